The molecule has 0 aliphatic carbocycles. The second-order valence-electron chi connectivity index (χ2n) is 6.06. The van der Waals surface area contributed by atoms with Crippen LogP contribution in [0.3, 0.4) is 0 Å². The molecular formula is C15H24N4O. The van der Waals surface area contributed by atoms with Gasteiger partial charge in [-0.3, -0.25) is 9.69 Å². The van der Waals surface area contributed by atoms with Crippen LogP contribution in [0.15, 0.2) is 11.6 Å². The Morgan fingerprint density at radius 1 is 1.20 bits per heavy atom. The summed E-state index contributed by atoms with van der Waals surface area (Å²) in [7, 11) is 0. The van der Waals surface area contributed by atoms with Crippen molar-refractivity contribution in [1.29, 1.82) is 5.26 Å². The highest BCUT2D eigenvalue weighted by atomic mass is 16.2. The van der Waals surface area contributed by atoms with E-state index in [1.807, 2.05) is 6.08 Å². The maximum absolute atomic E-state index is 12.3. The van der Waals surface area contributed by atoms with E-state index in [0.29, 0.717) is 0 Å². The molecule has 0 aromatic rings. The van der Waals surface area contributed by atoms with Crippen molar-refractivity contribution in [3.8, 4) is 6.07 Å². The molecule has 0 unspecified atom stereocenters. The zero-order chi connectivity index (χ0) is 14.6. The monoisotopic (exact) mass is 276 g/mol. The highest BCUT2D eigenvalue weighted by molar-refractivity contribution is 5.97. The molecule has 0 aromatic heterocycles. The number of piperazine rings is 1. The Morgan fingerprint density at radius 3 is 2.35 bits per heavy atom. The fourth-order valence-corrected chi connectivity index (χ4v) is 2.92. The molecule has 5 heteroatoms. The van der Waals surface area contributed by atoms with Crippen molar-refractivity contribution in [1.82, 2.24) is 15.1 Å². The molecule has 2 fully saturated rings. The number of nitriles is 1. The van der Waals surface area contributed by atoms with Crippen molar-refractivity contribution in [2.24, 2.45) is 0 Å². The van der Waals surface area contributed by atoms with E-state index in [9.17, 15) is 10.1 Å². The minimum atomic E-state index is -0.261. The summed E-state index contributed by atoms with van der Waals surface area (Å²) in [4.78, 5) is 16.5. The van der Waals surface area contributed by atoms with Crippen molar-refractivity contribution >= 4 is 5.91 Å². The predicted octanol–water partition coefficient (Wildman–Crippen LogP) is 0.743. The molecule has 2 aliphatic heterocycles. The number of hydrogen-bond donors (Lipinski definition) is 1. The molecule has 2 saturated heterocycles. The quantitative estimate of drug-likeness (QED) is 0.610. The van der Waals surface area contributed by atoms with E-state index in [-0.39, 0.29) is 17.0 Å². The van der Waals surface area contributed by atoms with Gasteiger partial charge in [-0.05, 0) is 32.8 Å². The molecular weight excluding hydrogens is 252 g/mol. The first-order valence-corrected chi connectivity index (χ1v) is 7.42. The second kappa shape index (κ2) is 6.38. The van der Waals surface area contributed by atoms with Crippen LogP contribution in [0.4, 0.5) is 0 Å². The molecule has 2 aliphatic rings. The van der Waals surface area contributed by atoms with Crippen molar-refractivity contribution < 1.29 is 4.79 Å². The number of likely N-dealkylation sites (tertiary alicyclic amines) is 1. The van der Waals surface area contributed by atoms with E-state index in [2.05, 4.69) is 30.1 Å². The molecule has 0 atom stereocenters. The lowest BCUT2D eigenvalue weighted by Gasteiger charge is -2.39. The standard InChI is InChI=1S/C15H24N4O/c1-15(2,19-9-5-17-6-10-19)11-13(12-16)14(20)18-7-3-4-8-18/h11,17H,3-10H2,1-2H3/b13-11+. The van der Waals surface area contributed by atoms with Gasteiger partial charge in [0.25, 0.3) is 5.91 Å². The number of nitrogens with zero attached hydrogens (tertiary/aromatic N) is 3. The largest absolute Gasteiger partial charge is 0.338 e. The lowest BCUT2D eigenvalue weighted by molar-refractivity contribution is -0.125. The summed E-state index contributed by atoms with van der Waals surface area (Å²) >= 11 is 0. The van der Waals surface area contributed by atoms with E-state index in [4.69, 9.17) is 0 Å². The molecule has 110 valence electrons. The number of carbonyl (C=O) groups excluding carboxylic acids is 1. The lowest BCUT2D eigenvalue weighted by Crippen LogP contribution is -2.52. The molecule has 0 radical (unpaired) electrons. The summed E-state index contributed by atoms with van der Waals surface area (Å²) in [5.74, 6) is -0.104. The minimum absolute atomic E-state index is 0.104. The van der Waals surface area contributed by atoms with E-state index < -0.39 is 0 Å². The molecule has 5 nitrogen and oxygen atoms in total. The second-order valence-corrected chi connectivity index (χ2v) is 6.06. The maximum atomic E-state index is 12.3. The third-order valence-electron chi connectivity index (χ3n) is 4.17. The lowest BCUT2D eigenvalue weighted by atomic mass is 9.97. The van der Waals surface area contributed by atoms with Gasteiger partial charge < -0.3 is 10.2 Å². The summed E-state index contributed by atoms with van der Waals surface area (Å²) in [6.07, 6.45) is 3.94. The van der Waals surface area contributed by atoms with E-state index in [1.165, 1.54) is 0 Å². The highest BCUT2D eigenvalue weighted by Gasteiger charge is 2.29. The van der Waals surface area contributed by atoms with Gasteiger partial charge in [-0.1, -0.05) is 0 Å². The van der Waals surface area contributed by atoms with Gasteiger partial charge in [0.1, 0.15) is 11.6 Å². The third-order valence-corrected chi connectivity index (χ3v) is 4.17. The van der Waals surface area contributed by atoms with Gasteiger partial charge in [0.05, 0.1) is 0 Å². The van der Waals surface area contributed by atoms with Crippen LogP contribution in [0.2, 0.25) is 0 Å². The van der Waals surface area contributed by atoms with E-state index in [0.717, 1.165) is 52.1 Å². The van der Waals surface area contributed by atoms with Crippen LogP contribution < -0.4 is 5.32 Å². The van der Waals surface area contributed by atoms with Gasteiger partial charge in [0, 0.05) is 44.8 Å². The van der Waals surface area contributed by atoms with Gasteiger partial charge in [0.15, 0.2) is 0 Å². The zero-order valence-electron chi connectivity index (χ0n) is 12.5. The summed E-state index contributed by atoms with van der Waals surface area (Å²) in [6, 6.07) is 2.10. The molecule has 1 amide bonds. The number of amides is 1. The Balaban J connectivity index is 2.12. The predicted molar refractivity (Wildman–Crippen MR) is 78.0 cm³/mol. The van der Waals surface area contributed by atoms with Gasteiger partial charge >= 0.3 is 0 Å². The molecule has 2 heterocycles. The van der Waals surface area contributed by atoms with Crippen LogP contribution in [0.5, 0.6) is 0 Å². The van der Waals surface area contributed by atoms with E-state index >= 15 is 0 Å². The van der Waals surface area contributed by atoms with Crippen LogP contribution in [0.25, 0.3) is 0 Å². The maximum Gasteiger partial charge on any atom is 0.264 e. The van der Waals surface area contributed by atoms with Gasteiger partial charge in [-0.25, -0.2) is 0 Å². The Hall–Kier alpha value is -1.38. The van der Waals surface area contributed by atoms with Crippen LogP contribution in [0.1, 0.15) is 26.7 Å². The molecule has 0 saturated carbocycles. The first kappa shape index (κ1) is 15.0. The Bertz CT molecular complexity index is 424. The Kier molecular flexibility index (Phi) is 4.79. The average Bonchev–Trinajstić information content (AvgIpc) is 2.99. The topological polar surface area (TPSA) is 59.4 Å². The number of carbonyl (C=O) groups is 1. The summed E-state index contributed by atoms with van der Waals surface area (Å²) in [5.41, 5.74) is 0.0261. The number of rotatable bonds is 3. The molecule has 1 N–H and O–H groups in total. The smallest absolute Gasteiger partial charge is 0.264 e. The third kappa shape index (κ3) is 3.38. The minimum Gasteiger partial charge on any atom is -0.338 e. The Labute approximate surface area is 121 Å². The van der Waals surface area contributed by atoms with E-state index in [1.54, 1.807) is 4.90 Å². The van der Waals surface area contributed by atoms with Crippen LogP contribution in [0, 0.1) is 11.3 Å². The first-order valence-electron chi connectivity index (χ1n) is 7.42. The van der Waals surface area contributed by atoms with Crippen molar-refractivity contribution in [3.63, 3.8) is 0 Å². The number of nitrogens with one attached hydrogen (secondary N) is 1. The van der Waals surface area contributed by atoms with Crippen LogP contribution in [-0.2, 0) is 4.79 Å². The van der Waals surface area contributed by atoms with Crippen LogP contribution >= 0.6 is 0 Å². The zero-order valence-corrected chi connectivity index (χ0v) is 12.5. The average molecular weight is 276 g/mol. The van der Waals surface area contributed by atoms with Gasteiger partial charge in [0.2, 0.25) is 0 Å². The highest BCUT2D eigenvalue weighted by Crippen LogP contribution is 2.20. The SMILES string of the molecule is CC(C)(/C=C(\C#N)C(=O)N1CCCC1)N1CCNCC1. The van der Waals surface area contributed by atoms with Crippen LogP contribution in [-0.4, -0.2) is 60.5 Å². The summed E-state index contributed by atoms with van der Waals surface area (Å²) < 4.78 is 0. The van der Waals surface area contributed by atoms with Gasteiger partial charge in [-0.15, -0.1) is 0 Å². The van der Waals surface area contributed by atoms with Crippen molar-refractivity contribution in [3.05, 3.63) is 11.6 Å². The molecule has 0 bridgehead atoms. The number of hydrogen-bond acceptors (Lipinski definition) is 4. The summed E-state index contributed by atoms with van der Waals surface area (Å²) in [5, 5.41) is 12.6. The van der Waals surface area contributed by atoms with Gasteiger partial charge in [-0.2, -0.15) is 5.26 Å². The normalized spacial score (nSPS) is 21.9. The molecule has 2 rings (SSSR count). The Morgan fingerprint density at radius 2 is 1.80 bits per heavy atom. The first-order chi connectivity index (χ1) is 9.54. The molecule has 20 heavy (non-hydrogen) atoms. The molecule has 0 spiro atoms. The fraction of sp³-hybridized carbons (Fsp3) is 0.733. The van der Waals surface area contributed by atoms with Crippen molar-refractivity contribution in [2.45, 2.75) is 32.2 Å². The summed E-state index contributed by atoms with van der Waals surface area (Å²) in [6.45, 7) is 9.52. The van der Waals surface area contributed by atoms with Crippen molar-refractivity contribution in [2.75, 3.05) is 39.3 Å². The molecule has 0 aromatic carbocycles. The fourth-order valence-electron chi connectivity index (χ4n) is 2.92.